The lowest BCUT2D eigenvalue weighted by molar-refractivity contribution is -0.114. The first-order valence-electron chi connectivity index (χ1n) is 9.89. The minimum Gasteiger partial charge on any atom is -0.325 e. The number of carbonyl (C=O) groups is 2. The minimum atomic E-state index is -3.99. The summed E-state index contributed by atoms with van der Waals surface area (Å²) in [5.41, 5.74) is 2.29. The molecule has 4 rings (SSSR count). The molecule has 3 aromatic carbocycles. The summed E-state index contributed by atoms with van der Waals surface area (Å²) in [5.74, 6) is -0.648. The van der Waals surface area contributed by atoms with Crippen LogP contribution in [0.25, 0.3) is 10.2 Å². The molecule has 10 heteroatoms. The first kappa shape index (κ1) is 22.4. The van der Waals surface area contributed by atoms with Gasteiger partial charge in [0.1, 0.15) is 4.90 Å². The third-order valence-electron chi connectivity index (χ3n) is 4.63. The van der Waals surface area contributed by atoms with Gasteiger partial charge in [-0.3, -0.25) is 19.6 Å². The molecule has 1 aromatic heterocycles. The van der Waals surface area contributed by atoms with Crippen molar-refractivity contribution in [2.75, 3.05) is 15.4 Å². The van der Waals surface area contributed by atoms with Gasteiger partial charge in [0, 0.05) is 12.5 Å². The van der Waals surface area contributed by atoms with E-state index in [9.17, 15) is 18.0 Å². The van der Waals surface area contributed by atoms with Crippen LogP contribution in [-0.2, 0) is 14.8 Å². The topological polar surface area (TPSA) is 117 Å². The molecule has 0 spiro atoms. The summed E-state index contributed by atoms with van der Waals surface area (Å²) in [5, 5.41) is 5.72. The summed E-state index contributed by atoms with van der Waals surface area (Å²) in [6, 6.07) is 18.5. The molecular weight excluding hydrogens is 460 g/mol. The van der Waals surface area contributed by atoms with Crippen molar-refractivity contribution >= 4 is 59.9 Å². The van der Waals surface area contributed by atoms with Crippen LogP contribution < -0.4 is 15.4 Å². The molecule has 168 valence electrons. The maximum absolute atomic E-state index is 13.1. The lowest BCUT2D eigenvalue weighted by Gasteiger charge is -2.13. The Hall–Kier alpha value is -3.76. The van der Waals surface area contributed by atoms with Crippen molar-refractivity contribution in [2.24, 2.45) is 0 Å². The Morgan fingerprint density at radius 3 is 2.42 bits per heavy atom. The Morgan fingerprint density at radius 1 is 0.939 bits per heavy atom. The number of aromatic nitrogens is 1. The number of aryl methyl sites for hydroxylation is 1. The van der Waals surface area contributed by atoms with Gasteiger partial charge in [-0.1, -0.05) is 35.6 Å². The molecule has 0 aliphatic carbocycles. The summed E-state index contributed by atoms with van der Waals surface area (Å²) in [4.78, 5) is 28.2. The average Bonchev–Trinajstić information content (AvgIpc) is 3.16. The largest absolute Gasteiger partial charge is 0.325 e. The standard InChI is InChI=1S/C23H20N4O4S2/c1-14-8-10-18(24-15(2)28)21(12-14)33(30,31)27-17-9-11-20-19(13-17)25-23(32-20)26-22(29)16-6-4-3-5-7-16/h3-13,27H,1-2H3,(H,24,28)(H,25,26,29). The Kier molecular flexibility index (Phi) is 6.12. The molecule has 4 aromatic rings. The van der Waals surface area contributed by atoms with Gasteiger partial charge in [-0.2, -0.15) is 0 Å². The highest BCUT2D eigenvalue weighted by Crippen LogP contribution is 2.30. The number of anilines is 3. The zero-order chi connectivity index (χ0) is 23.6. The molecule has 8 nitrogen and oxygen atoms in total. The molecule has 0 fully saturated rings. The number of rotatable bonds is 6. The maximum Gasteiger partial charge on any atom is 0.263 e. The smallest absolute Gasteiger partial charge is 0.263 e. The molecule has 0 unspecified atom stereocenters. The van der Waals surface area contributed by atoms with E-state index in [1.165, 1.54) is 24.3 Å². The number of nitrogens with one attached hydrogen (secondary N) is 3. The molecule has 0 aliphatic heterocycles. The molecule has 0 aliphatic rings. The molecule has 0 saturated heterocycles. The third-order valence-corrected chi connectivity index (χ3v) is 7.01. The van der Waals surface area contributed by atoms with E-state index in [-0.39, 0.29) is 22.4 Å². The molecule has 1 heterocycles. The van der Waals surface area contributed by atoms with Crippen LogP contribution in [-0.4, -0.2) is 25.2 Å². The van der Waals surface area contributed by atoms with Gasteiger partial charge in [0.15, 0.2) is 5.13 Å². The van der Waals surface area contributed by atoms with E-state index < -0.39 is 10.0 Å². The fourth-order valence-corrected chi connectivity index (χ4v) is 5.30. The number of benzene rings is 3. The van der Waals surface area contributed by atoms with E-state index in [4.69, 9.17) is 0 Å². The predicted molar refractivity (Wildman–Crippen MR) is 130 cm³/mol. The molecule has 2 amide bonds. The SMILES string of the molecule is CC(=O)Nc1ccc(C)cc1S(=O)(=O)Nc1ccc2sc(NC(=O)c3ccccc3)nc2c1. The summed E-state index contributed by atoms with van der Waals surface area (Å²) in [7, 11) is -3.99. The van der Waals surface area contributed by atoms with Gasteiger partial charge in [0.05, 0.1) is 21.6 Å². The third kappa shape index (κ3) is 5.18. The average molecular weight is 481 g/mol. The molecule has 3 N–H and O–H groups in total. The van der Waals surface area contributed by atoms with Gasteiger partial charge < -0.3 is 5.32 Å². The van der Waals surface area contributed by atoms with Crippen LogP contribution in [0.4, 0.5) is 16.5 Å². The normalized spacial score (nSPS) is 11.2. The fraction of sp³-hybridized carbons (Fsp3) is 0.0870. The molecule has 33 heavy (non-hydrogen) atoms. The lowest BCUT2D eigenvalue weighted by atomic mass is 10.2. The fourth-order valence-electron chi connectivity index (χ4n) is 3.16. The number of thiazole rings is 1. The highest BCUT2D eigenvalue weighted by molar-refractivity contribution is 7.92. The van der Waals surface area contributed by atoms with Crippen LogP contribution >= 0.6 is 11.3 Å². The summed E-state index contributed by atoms with van der Waals surface area (Å²) < 4.78 is 29.5. The molecule has 0 bridgehead atoms. The van der Waals surface area contributed by atoms with Crippen LogP contribution in [0.5, 0.6) is 0 Å². The van der Waals surface area contributed by atoms with Crippen molar-refractivity contribution in [3.05, 3.63) is 77.9 Å². The minimum absolute atomic E-state index is 0.0353. The van der Waals surface area contributed by atoms with Gasteiger partial charge in [0.25, 0.3) is 15.9 Å². The monoisotopic (exact) mass is 480 g/mol. The van der Waals surface area contributed by atoms with Crippen molar-refractivity contribution in [3.8, 4) is 0 Å². The molecular formula is C23H20N4O4S2. The predicted octanol–water partition coefficient (Wildman–Crippen LogP) is 4.62. The van der Waals surface area contributed by atoms with E-state index in [1.807, 2.05) is 6.07 Å². The lowest BCUT2D eigenvalue weighted by Crippen LogP contribution is -2.17. The van der Waals surface area contributed by atoms with E-state index >= 15 is 0 Å². The van der Waals surface area contributed by atoms with Crippen LogP contribution in [0.1, 0.15) is 22.8 Å². The quantitative estimate of drug-likeness (QED) is 0.372. The summed E-state index contributed by atoms with van der Waals surface area (Å²) in [6.45, 7) is 3.08. The van der Waals surface area contributed by atoms with Crippen LogP contribution in [0.15, 0.2) is 71.6 Å². The van der Waals surface area contributed by atoms with Crippen LogP contribution in [0, 0.1) is 6.92 Å². The number of hydrogen-bond donors (Lipinski definition) is 3. The van der Waals surface area contributed by atoms with Crippen molar-refractivity contribution in [2.45, 2.75) is 18.7 Å². The molecule has 0 saturated carbocycles. The van der Waals surface area contributed by atoms with E-state index in [0.717, 1.165) is 10.3 Å². The van der Waals surface area contributed by atoms with Gasteiger partial charge in [-0.05, 0) is 55.0 Å². The second kappa shape index (κ2) is 9.00. The number of carbonyl (C=O) groups excluding carboxylic acids is 2. The van der Waals surface area contributed by atoms with Crippen LogP contribution in [0.3, 0.4) is 0 Å². The van der Waals surface area contributed by atoms with Crippen molar-refractivity contribution < 1.29 is 18.0 Å². The maximum atomic E-state index is 13.1. The Labute approximate surface area is 194 Å². The highest BCUT2D eigenvalue weighted by Gasteiger charge is 2.20. The summed E-state index contributed by atoms with van der Waals surface area (Å²) >= 11 is 1.29. The van der Waals surface area contributed by atoms with Gasteiger partial charge in [0.2, 0.25) is 5.91 Å². The second-order valence-electron chi connectivity index (χ2n) is 7.31. The first-order valence-corrected chi connectivity index (χ1v) is 12.2. The zero-order valence-corrected chi connectivity index (χ0v) is 19.4. The molecule has 0 radical (unpaired) electrons. The zero-order valence-electron chi connectivity index (χ0n) is 17.7. The Balaban J connectivity index is 1.59. The van der Waals surface area contributed by atoms with Crippen molar-refractivity contribution in [1.82, 2.24) is 4.98 Å². The number of fused-ring (bicyclic) bond motifs is 1. The van der Waals surface area contributed by atoms with Crippen molar-refractivity contribution in [3.63, 3.8) is 0 Å². The summed E-state index contributed by atoms with van der Waals surface area (Å²) in [6.07, 6.45) is 0. The van der Waals surface area contributed by atoms with E-state index in [1.54, 1.807) is 61.5 Å². The second-order valence-corrected chi connectivity index (χ2v) is 9.99. The van der Waals surface area contributed by atoms with Gasteiger partial charge in [-0.25, -0.2) is 13.4 Å². The Morgan fingerprint density at radius 2 is 1.70 bits per heavy atom. The van der Waals surface area contributed by atoms with Crippen LogP contribution in [0.2, 0.25) is 0 Å². The number of sulfonamides is 1. The first-order chi connectivity index (χ1) is 15.7. The number of hydrogen-bond acceptors (Lipinski definition) is 6. The number of nitrogens with zero attached hydrogens (tertiary/aromatic N) is 1. The van der Waals surface area contributed by atoms with Crippen molar-refractivity contribution in [1.29, 1.82) is 0 Å². The highest BCUT2D eigenvalue weighted by atomic mass is 32.2. The van der Waals surface area contributed by atoms with E-state index in [2.05, 4.69) is 20.3 Å². The number of amides is 2. The van der Waals surface area contributed by atoms with Gasteiger partial charge >= 0.3 is 0 Å². The molecule has 0 atom stereocenters. The van der Waals surface area contributed by atoms with Gasteiger partial charge in [-0.15, -0.1) is 0 Å². The Bertz CT molecular complexity index is 1460. The van der Waals surface area contributed by atoms with E-state index in [0.29, 0.717) is 21.9 Å².